The lowest BCUT2D eigenvalue weighted by molar-refractivity contribution is 0.0949. The Hall–Kier alpha value is -3.60. The Morgan fingerprint density at radius 3 is 2.48 bits per heavy atom. The van der Waals surface area contributed by atoms with E-state index in [1.807, 2.05) is 61.5 Å². The molecule has 5 nitrogen and oxygen atoms in total. The number of aromatic nitrogens is 2. The summed E-state index contributed by atoms with van der Waals surface area (Å²) < 4.78 is 8.14. The topological polar surface area (TPSA) is 56.2 Å². The van der Waals surface area contributed by atoms with Crippen molar-refractivity contribution in [3.63, 3.8) is 0 Å². The van der Waals surface area contributed by atoms with E-state index >= 15 is 0 Å². The highest BCUT2D eigenvalue weighted by Gasteiger charge is 2.13. The fourth-order valence-electron chi connectivity index (χ4n) is 3.95. The van der Waals surface area contributed by atoms with Crippen molar-refractivity contribution in [1.29, 1.82) is 0 Å². The summed E-state index contributed by atoms with van der Waals surface area (Å²) in [5.41, 5.74) is 4.96. The Kier molecular flexibility index (Phi) is 7.08. The van der Waals surface area contributed by atoms with Crippen molar-refractivity contribution in [2.45, 2.75) is 46.2 Å². The number of hydrogen-bond donors (Lipinski definition) is 1. The van der Waals surface area contributed by atoms with Crippen LogP contribution in [0.15, 0.2) is 72.8 Å². The van der Waals surface area contributed by atoms with Crippen LogP contribution in [0.25, 0.3) is 11.0 Å². The van der Waals surface area contributed by atoms with E-state index in [1.54, 1.807) is 0 Å². The summed E-state index contributed by atoms with van der Waals surface area (Å²) in [6.07, 6.45) is 0.838. The molecule has 1 heterocycles. The quantitative estimate of drug-likeness (QED) is 0.331. The molecule has 3 aromatic carbocycles. The summed E-state index contributed by atoms with van der Waals surface area (Å²) in [5, 5.41) is 3.03. The molecular weight excluding hydrogens is 410 g/mol. The highest BCUT2D eigenvalue weighted by molar-refractivity contribution is 5.95. The number of amides is 1. The van der Waals surface area contributed by atoms with Gasteiger partial charge in [-0.1, -0.05) is 56.3 Å². The SMILES string of the molecule is Cc1ccccc1C(=O)NCc1nc2ccccc2n1CCCOc1ccc(C(C)C)cc1. The second-order valence-corrected chi connectivity index (χ2v) is 8.59. The number of fused-ring (bicyclic) bond motifs is 1. The summed E-state index contributed by atoms with van der Waals surface area (Å²) in [4.78, 5) is 17.5. The maximum atomic E-state index is 12.7. The summed E-state index contributed by atoms with van der Waals surface area (Å²) in [5.74, 6) is 2.17. The van der Waals surface area contributed by atoms with Crippen LogP contribution in [0.1, 0.15) is 53.5 Å². The monoisotopic (exact) mass is 441 g/mol. The first kappa shape index (κ1) is 22.6. The first-order valence-corrected chi connectivity index (χ1v) is 11.5. The van der Waals surface area contributed by atoms with Gasteiger partial charge in [0.25, 0.3) is 5.91 Å². The van der Waals surface area contributed by atoms with Crippen molar-refractivity contribution in [3.8, 4) is 5.75 Å². The third kappa shape index (κ3) is 5.43. The van der Waals surface area contributed by atoms with Gasteiger partial charge < -0.3 is 14.6 Å². The number of hydrogen-bond acceptors (Lipinski definition) is 3. The number of nitrogens with one attached hydrogen (secondary N) is 1. The number of carbonyl (C=O) groups is 1. The van der Waals surface area contributed by atoms with Crippen LogP contribution < -0.4 is 10.1 Å². The molecule has 0 fully saturated rings. The predicted octanol–water partition coefficient (Wildman–Crippen LogP) is 5.87. The maximum Gasteiger partial charge on any atom is 0.251 e. The molecule has 0 aliphatic heterocycles. The fraction of sp³-hybridized carbons (Fsp3) is 0.286. The summed E-state index contributed by atoms with van der Waals surface area (Å²) in [7, 11) is 0. The highest BCUT2D eigenvalue weighted by atomic mass is 16.5. The standard InChI is InChI=1S/C28H31N3O2/c1-20(2)22-13-15-23(16-14-22)33-18-8-17-31-26-12-7-6-11-25(26)30-27(31)19-29-28(32)24-10-5-4-9-21(24)3/h4-7,9-16,20H,8,17-19H2,1-3H3,(H,29,32). The predicted molar refractivity (Wildman–Crippen MR) is 133 cm³/mol. The molecule has 5 heteroatoms. The van der Waals surface area contributed by atoms with Gasteiger partial charge in [-0.3, -0.25) is 4.79 Å². The molecule has 0 aliphatic rings. The molecule has 0 saturated carbocycles. The average Bonchev–Trinajstić information content (AvgIpc) is 3.18. The van der Waals surface area contributed by atoms with Crippen LogP contribution in [0.2, 0.25) is 0 Å². The number of para-hydroxylation sites is 2. The van der Waals surface area contributed by atoms with Gasteiger partial charge in [0, 0.05) is 12.1 Å². The van der Waals surface area contributed by atoms with E-state index in [0.29, 0.717) is 24.6 Å². The Labute approximate surface area is 195 Å². The Balaban J connectivity index is 1.40. The van der Waals surface area contributed by atoms with Gasteiger partial charge in [-0.25, -0.2) is 4.98 Å². The van der Waals surface area contributed by atoms with Crippen LogP contribution in [0, 0.1) is 6.92 Å². The minimum atomic E-state index is -0.0834. The van der Waals surface area contributed by atoms with Crippen molar-refractivity contribution >= 4 is 16.9 Å². The largest absolute Gasteiger partial charge is 0.494 e. The zero-order valence-corrected chi connectivity index (χ0v) is 19.5. The second kappa shape index (κ2) is 10.3. The van der Waals surface area contributed by atoms with Gasteiger partial charge >= 0.3 is 0 Å². The van der Waals surface area contributed by atoms with Gasteiger partial charge in [0.2, 0.25) is 0 Å². The molecule has 4 rings (SSSR count). The molecule has 33 heavy (non-hydrogen) atoms. The summed E-state index contributed by atoms with van der Waals surface area (Å²) in [6.45, 7) is 8.07. The number of carbonyl (C=O) groups excluding carboxylic acids is 1. The third-order valence-electron chi connectivity index (χ3n) is 5.87. The number of aryl methyl sites for hydroxylation is 2. The maximum absolute atomic E-state index is 12.7. The molecule has 0 radical (unpaired) electrons. The molecule has 0 spiro atoms. The molecule has 4 aromatic rings. The van der Waals surface area contributed by atoms with Gasteiger partial charge in [0.05, 0.1) is 24.2 Å². The number of nitrogens with zero attached hydrogens (tertiary/aromatic N) is 2. The lowest BCUT2D eigenvalue weighted by Gasteiger charge is -2.12. The van der Waals surface area contributed by atoms with E-state index in [9.17, 15) is 4.79 Å². The second-order valence-electron chi connectivity index (χ2n) is 8.59. The molecule has 1 N–H and O–H groups in total. The first-order valence-electron chi connectivity index (χ1n) is 11.5. The van der Waals surface area contributed by atoms with Crippen molar-refractivity contribution in [3.05, 3.63) is 95.3 Å². The zero-order valence-electron chi connectivity index (χ0n) is 19.5. The van der Waals surface area contributed by atoms with Crippen molar-refractivity contribution in [1.82, 2.24) is 14.9 Å². The molecule has 0 bridgehead atoms. The Morgan fingerprint density at radius 1 is 1.00 bits per heavy atom. The average molecular weight is 442 g/mol. The fourth-order valence-corrected chi connectivity index (χ4v) is 3.95. The molecule has 0 unspecified atom stereocenters. The molecule has 170 valence electrons. The van der Waals surface area contributed by atoms with Crippen molar-refractivity contribution in [2.24, 2.45) is 0 Å². The van der Waals surface area contributed by atoms with E-state index in [1.165, 1.54) is 5.56 Å². The smallest absolute Gasteiger partial charge is 0.251 e. The number of benzene rings is 3. The van der Waals surface area contributed by atoms with E-state index < -0.39 is 0 Å². The number of rotatable bonds is 9. The molecule has 1 amide bonds. The molecule has 0 aliphatic carbocycles. The lowest BCUT2D eigenvalue weighted by atomic mass is 10.0. The van der Waals surface area contributed by atoms with Gasteiger partial charge in [-0.2, -0.15) is 0 Å². The zero-order chi connectivity index (χ0) is 23.2. The third-order valence-corrected chi connectivity index (χ3v) is 5.87. The van der Waals surface area contributed by atoms with E-state index in [-0.39, 0.29) is 5.91 Å². The van der Waals surface area contributed by atoms with E-state index in [4.69, 9.17) is 9.72 Å². The summed E-state index contributed by atoms with van der Waals surface area (Å²) in [6, 6.07) is 24.0. The first-order chi connectivity index (χ1) is 16.0. The lowest BCUT2D eigenvalue weighted by Crippen LogP contribution is -2.25. The van der Waals surface area contributed by atoms with Crippen LogP contribution in [0.5, 0.6) is 5.75 Å². The van der Waals surface area contributed by atoms with Crippen LogP contribution in [0.3, 0.4) is 0 Å². The molecule has 1 aromatic heterocycles. The number of imidazole rings is 1. The van der Waals surface area contributed by atoms with E-state index in [2.05, 4.69) is 41.9 Å². The summed E-state index contributed by atoms with van der Waals surface area (Å²) >= 11 is 0. The van der Waals surface area contributed by atoms with Gasteiger partial charge in [0.1, 0.15) is 11.6 Å². The van der Waals surface area contributed by atoms with Gasteiger partial charge in [-0.15, -0.1) is 0 Å². The van der Waals surface area contributed by atoms with Crippen LogP contribution in [-0.4, -0.2) is 22.1 Å². The highest BCUT2D eigenvalue weighted by Crippen LogP contribution is 2.20. The number of ether oxygens (including phenoxy) is 1. The molecular formula is C28H31N3O2. The van der Waals surface area contributed by atoms with Gasteiger partial charge in [-0.05, 0) is 60.7 Å². The van der Waals surface area contributed by atoms with Crippen LogP contribution in [0.4, 0.5) is 0 Å². The van der Waals surface area contributed by atoms with Gasteiger partial charge in [0.15, 0.2) is 0 Å². The molecule has 0 saturated heterocycles. The molecule has 0 atom stereocenters. The Morgan fingerprint density at radius 2 is 1.73 bits per heavy atom. The van der Waals surface area contributed by atoms with Crippen LogP contribution in [-0.2, 0) is 13.1 Å². The Bertz CT molecular complexity index is 1230. The van der Waals surface area contributed by atoms with Crippen molar-refractivity contribution < 1.29 is 9.53 Å². The minimum Gasteiger partial charge on any atom is -0.494 e. The minimum absolute atomic E-state index is 0.0834. The normalized spacial score (nSPS) is 11.2. The van der Waals surface area contributed by atoms with Crippen LogP contribution >= 0.6 is 0 Å². The van der Waals surface area contributed by atoms with E-state index in [0.717, 1.165) is 41.1 Å². The van der Waals surface area contributed by atoms with Crippen molar-refractivity contribution in [2.75, 3.05) is 6.61 Å².